The van der Waals surface area contributed by atoms with Gasteiger partial charge < -0.3 is 4.90 Å². The fraction of sp³-hybridized carbons (Fsp3) is 0.875. The molecule has 1 fully saturated rings. The fourth-order valence-electron chi connectivity index (χ4n) is 1.38. The molecule has 0 atom stereocenters. The second-order valence-corrected chi connectivity index (χ2v) is 3.04. The number of rotatable bonds is 4. The fourth-order valence-corrected chi connectivity index (χ4v) is 1.38. The molecule has 0 aromatic rings. The molecule has 1 amide bonds. The van der Waals surface area contributed by atoms with E-state index in [2.05, 4.69) is 4.90 Å². The summed E-state index contributed by atoms with van der Waals surface area (Å²) in [5, 5.41) is 10.2. The average molecular weight is 171 g/mol. The van der Waals surface area contributed by atoms with Crippen molar-refractivity contribution in [3.05, 3.63) is 0 Å². The second-order valence-electron chi connectivity index (χ2n) is 3.04. The molecular formula is C8H15N2O2. The molecule has 4 nitrogen and oxygen atoms in total. The third-order valence-electron chi connectivity index (χ3n) is 2.17. The maximum absolute atomic E-state index is 10.3. The number of carbonyl (C=O) groups is 1. The van der Waals surface area contributed by atoms with Crippen molar-refractivity contribution >= 4 is 6.41 Å². The van der Waals surface area contributed by atoms with Gasteiger partial charge in [0, 0.05) is 32.7 Å². The van der Waals surface area contributed by atoms with E-state index in [1.165, 1.54) is 0 Å². The molecule has 0 aromatic carbocycles. The number of carbonyl (C=O) groups excluding carboxylic acids is 1. The first-order valence-corrected chi connectivity index (χ1v) is 4.36. The average Bonchev–Trinajstić information content (AvgIpc) is 2.15. The molecule has 1 aliphatic heterocycles. The van der Waals surface area contributed by atoms with Gasteiger partial charge in [0.15, 0.2) is 0 Å². The zero-order valence-electron chi connectivity index (χ0n) is 7.24. The lowest BCUT2D eigenvalue weighted by atomic mass is 10.3. The Morgan fingerprint density at radius 1 is 1.17 bits per heavy atom. The molecule has 0 saturated carbocycles. The number of hydrogen-bond donors (Lipinski definition) is 0. The molecule has 12 heavy (non-hydrogen) atoms. The van der Waals surface area contributed by atoms with E-state index in [9.17, 15) is 9.90 Å². The molecule has 4 heteroatoms. The molecule has 1 saturated heterocycles. The summed E-state index contributed by atoms with van der Waals surface area (Å²) in [6, 6.07) is 0. The number of hydrogen-bond acceptors (Lipinski definition) is 2. The van der Waals surface area contributed by atoms with Crippen LogP contribution in [0.5, 0.6) is 0 Å². The molecule has 1 rings (SSSR count). The first-order valence-electron chi connectivity index (χ1n) is 4.36. The van der Waals surface area contributed by atoms with Crippen molar-refractivity contribution in [1.82, 2.24) is 9.80 Å². The number of amides is 1. The molecule has 0 aliphatic carbocycles. The molecular weight excluding hydrogens is 156 g/mol. The monoisotopic (exact) mass is 171 g/mol. The Labute approximate surface area is 72.8 Å². The zero-order chi connectivity index (χ0) is 8.81. The minimum Gasteiger partial charge on any atom is -0.343 e. The van der Waals surface area contributed by atoms with Crippen LogP contribution in [0.15, 0.2) is 0 Å². The molecule has 1 heterocycles. The van der Waals surface area contributed by atoms with Crippen LogP contribution in [-0.4, -0.2) is 55.5 Å². The highest BCUT2D eigenvalue weighted by atomic mass is 16.3. The highest BCUT2D eigenvalue weighted by Gasteiger charge is 2.13. The second kappa shape index (κ2) is 5.11. The van der Waals surface area contributed by atoms with Gasteiger partial charge in [-0.05, 0) is 6.42 Å². The van der Waals surface area contributed by atoms with Crippen molar-refractivity contribution in [1.29, 1.82) is 0 Å². The molecule has 69 valence electrons. The summed E-state index contributed by atoms with van der Waals surface area (Å²) in [5.41, 5.74) is 0. The zero-order valence-corrected chi connectivity index (χ0v) is 7.24. The van der Waals surface area contributed by atoms with Crippen LogP contribution < -0.4 is 0 Å². The minimum atomic E-state index is 0.00783. The van der Waals surface area contributed by atoms with Gasteiger partial charge >= 0.3 is 0 Å². The van der Waals surface area contributed by atoms with Crippen molar-refractivity contribution in [3.63, 3.8) is 0 Å². The van der Waals surface area contributed by atoms with Gasteiger partial charge in [0.1, 0.15) is 0 Å². The predicted octanol–water partition coefficient (Wildman–Crippen LogP) is -0.419. The summed E-state index contributed by atoms with van der Waals surface area (Å²) in [6.07, 6.45) is 1.62. The van der Waals surface area contributed by atoms with Crippen molar-refractivity contribution in [3.8, 4) is 0 Å². The standard InChI is InChI=1S/C8H15N2O2/c11-7-1-2-9-3-5-10(8-12)6-4-9/h8H,1-7H2. The molecule has 0 unspecified atom stereocenters. The van der Waals surface area contributed by atoms with E-state index in [4.69, 9.17) is 0 Å². The van der Waals surface area contributed by atoms with Gasteiger partial charge in [-0.15, -0.1) is 0 Å². The Hall–Kier alpha value is -0.610. The normalized spacial score (nSPS) is 19.6. The van der Waals surface area contributed by atoms with Crippen LogP contribution in [0.25, 0.3) is 0 Å². The summed E-state index contributed by atoms with van der Waals surface area (Å²) in [7, 11) is 0. The highest BCUT2D eigenvalue weighted by Crippen LogP contribution is 1.99. The van der Waals surface area contributed by atoms with E-state index in [0.717, 1.165) is 45.6 Å². The third kappa shape index (κ3) is 2.79. The lowest BCUT2D eigenvalue weighted by Crippen LogP contribution is -2.45. The van der Waals surface area contributed by atoms with Crippen molar-refractivity contribution in [2.45, 2.75) is 6.42 Å². The summed E-state index contributed by atoms with van der Waals surface area (Å²) < 4.78 is 0. The Morgan fingerprint density at radius 3 is 2.33 bits per heavy atom. The van der Waals surface area contributed by atoms with Crippen LogP contribution in [0.1, 0.15) is 6.42 Å². The SMILES string of the molecule is [O]CCCN1CCN(C=O)CC1. The van der Waals surface area contributed by atoms with Gasteiger partial charge in [-0.25, -0.2) is 5.11 Å². The van der Waals surface area contributed by atoms with Crippen LogP contribution in [0, 0.1) is 0 Å². The van der Waals surface area contributed by atoms with E-state index in [-0.39, 0.29) is 6.61 Å². The van der Waals surface area contributed by atoms with Gasteiger partial charge in [0.25, 0.3) is 0 Å². The Bertz CT molecular complexity index is 133. The van der Waals surface area contributed by atoms with E-state index < -0.39 is 0 Å². The first kappa shape index (κ1) is 9.48. The van der Waals surface area contributed by atoms with Crippen LogP contribution >= 0.6 is 0 Å². The summed E-state index contributed by atoms with van der Waals surface area (Å²) in [5.74, 6) is 0. The first-order chi connectivity index (χ1) is 5.86. The van der Waals surface area contributed by atoms with Crippen LogP contribution in [0.2, 0.25) is 0 Å². The summed E-state index contributed by atoms with van der Waals surface area (Å²) in [6.45, 7) is 4.34. The largest absolute Gasteiger partial charge is 0.343 e. The highest BCUT2D eigenvalue weighted by molar-refractivity contribution is 5.47. The van der Waals surface area contributed by atoms with E-state index in [0.29, 0.717) is 0 Å². The lowest BCUT2D eigenvalue weighted by molar-refractivity contribution is -0.119. The smallest absolute Gasteiger partial charge is 0.209 e. The Morgan fingerprint density at radius 2 is 1.83 bits per heavy atom. The van der Waals surface area contributed by atoms with Gasteiger partial charge in [0.05, 0.1) is 6.61 Å². The summed E-state index contributed by atoms with van der Waals surface area (Å²) in [4.78, 5) is 14.3. The quantitative estimate of drug-likeness (QED) is 0.539. The molecule has 1 aliphatic rings. The van der Waals surface area contributed by atoms with Gasteiger partial charge in [0.2, 0.25) is 6.41 Å². The predicted molar refractivity (Wildman–Crippen MR) is 44.2 cm³/mol. The van der Waals surface area contributed by atoms with E-state index >= 15 is 0 Å². The van der Waals surface area contributed by atoms with Crippen LogP contribution in [-0.2, 0) is 9.90 Å². The van der Waals surface area contributed by atoms with Crippen LogP contribution in [0.4, 0.5) is 0 Å². The number of nitrogens with zero attached hydrogens (tertiary/aromatic N) is 2. The Balaban J connectivity index is 2.12. The van der Waals surface area contributed by atoms with Crippen molar-refractivity contribution in [2.75, 3.05) is 39.3 Å². The maximum Gasteiger partial charge on any atom is 0.209 e. The van der Waals surface area contributed by atoms with Crippen molar-refractivity contribution in [2.24, 2.45) is 0 Å². The molecule has 0 bridgehead atoms. The molecule has 0 spiro atoms. The van der Waals surface area contributed by atoms with Crippen LogP contribution in [0.3, 0.4) is 0 Å². The summed E-state index contributed by atoms with van der Waals surface area (Å²) >= 11 is 0. The molecule has 1 radical (unpaired) electrons. The Kier molecular flexibility index (Phi) is 4.04. The van der Waals surface area contributed by atoms with Gasteiger partial charge in [-0.3, -0.25) is 9.69 Å². The lowest BCUT2D eigenvalue weighted by Gasteiger charge is -2.32. The van der Waals surface area contributed by atoms with Gasteiger partial charge in [-0.2, -0.15) is 0 Å². The van der Waals surface area contributed by atoms with E-state index in [1.807, 2.05) is 0 Å². The maximum atomic E-state index is 10.3. The molecule has 0 aromatic heterocycles. The third-order valence-corrected chi connectivity index (χ3v) is 2.17. The number of piperazine rings is 1. The van der Waals surface area contributed by atoms with E-state index in [1.54, 1.807) is 4.90 Å². The van der Waals surface area contributed by atoms with Crippen molar-refractivity contribution < 1.29 is 9.90 Å². The minimum absolute atomic E-state index is 0.00783. The molecule has 0 N–H and O–H groups in total. The topological polar surface area (TPSA) is 43.5 Å². The van der Waals surface area contributed by atoms with Gasteiger partial charge in [-0.1, -0.05) is 0 Å².